The molecule has 1 aliphatic heterocycles. The number of nitrogens with two attached hydrogens (primary N) is 1. The lowest BCUT2D eigenvalue weighted by atomic mass is 9.97. The summed E-state index contributed by atoms with van der Waals surface area (Å²) in [6, 6.07) is 8.72. The Bertz CT molecular complexity index is 1010. The van der Waals surface area contributed by atoms with Gasteiger partial charge in [0.15, 0.2) is 0 Å². The van der Waals surface area contributed by atoms with Crippen molar-refractivity contribution in [3.05, 3.63) is 47.5 Å². The third-order valence-corrected chi connectivity index (χ3v) is 6.47. The van der Waals surface area contributed by atoms with E-state index in [4.69, 9.17) is 5.73 Å². The molecular weight excluding hydrogens is 482 g/mol. The highest BCUT2D eigenvalue weighted by molar-refractivity contribution is 5.88. The van der Waals surface area contributed by atoms with Crippen LogP contribution in [0.4, 0.5) is 0 Å². The Morgan fingerprint density at radius 1 is 1.17 bits per heavy atom. The average molecular weight is 520 g/mol. The maximum atomic E-state index is 13.5. The van der Waals surface area contributed by atoms with E-state index in [9.17, 15) is 14.4 Å². The molecule has 1 aliphatic rings. The Morgan fingerprint density at radius 2 is 1.89 bits per heavy atom. The quantitative estimate of drug-likeness (QED) is 0.548. The predicted octanol–water partition coefficient (Wildman–Crippen LogP) is 1.52. The van der Waals surface area contributed by atoms with Crippen molar-refractivity contribution >= 4 is 30.1 Å². The zero-order valence-corrected chi connectivity index (χ0v) is 22.1. The van der Waals surface area contributed by atoms with E-state index in [0.717, 1.165) is 12.0 Å². The van der Waals surface area contributed by atoms with Crippen LogP contribution in [0.5, 0.6) is 0 Å². The number of hydrogen-bond acceptors (Lipinski definition) is 6. The summed E-state index contributed by atoms with van der Waals surface area (Å²) >= 11 is 0. The van der Waals surface area contributed by atoms with Gasteiger partial charge in [-0.2, -0.15) is 5.10 Å². The number of aromatic nitrogens is 3. The van der Waals surface area contributed by atoms with E-state index in [0.29, 0.717) is 44.1 Å². The number of fused-ring (bicyclic) bond motifs is 1. The van der Waals surface area contributed by atoms with Crippen molar-refractivity contribution in [1.82, 2.24) is 30.3 Å². The van der Waals surface area contributed by atoms with Gasteiger partial charge < -0.3 is 21.3 Å². The third kappa shape index (κ3) is 7.76. The summed E-state index contributed by atoms with van der Waals surface area (Å²) < 4.78 is 1.77. The molecule has 3 atom stereocenters. The van der Waals surface area contributed by atoms with Crippen LogP contribution in [0.15, 0.2) is 30.3 Å². The number of amides is 3. The number of halogens is 1. The summed E-state index contributed by atoms with van der Waals surface area (Å²) in [5, 5.41) is 10.6. The highest BCUT2D eigenvalue weighted by atomic mass is 35.5. The summed E-state index contributed by atoms with van der Waals surface area (Å²) in [6.07, 6.45) is 1.94. The van der Waals surface area contributed by atoms with Crippen LogP contribution in [0.25, 0.3) is 0 Å². The molecule has 11 heteroatoms. The molecule has 0 fully saturated rings. The van der Waals surface area contributed by atoms with Crippen molar-refractivity contribution in [2.24, 2.45) is 11.7 Å². The fraction of sp³-hybridized carbons (Fsp3) is 0.560. The van der Waals surface area contributed by atoms with Gasteiger partial charge in [0.25, 0.3) is 0 Å². The minimum absolute atomic E-state index is 0. The zero-order valence-electron chi connectivity index (χ0n) is 21.3. The van der Waals surface area contributed by atoms with Crippen LogP contribution in [-0.4, -0.2) is 63.1 Å². The molecule has 0 bridgehead atoms. The average Bonchev–Trinajstić information content (AvgIpc) is 3.23. The van der Waals surface area contributed by atoms with Gasteiger partial charge in [0, 0.05) is 19.5 Å². The Balaban J connectivity index is 0.00000456. The molecule has 1 aromatic heterocycles. The number of nitrogens with one attached hydrogen (secondary N) is 2. The molecule has 2 heterocycles. The number of nitrogens with zero attached hydrogens (tertiary/aromatic N) is 4. The van der Waals surface area contributed by atoms with Crippen molar-refractivity contribution in [2.75, 3.05) is 19.6 Å². The molecule has 198 valence electrons. The first-order valence-corrected chi connectivity index (χ1v) is 12.3. The molecule has 3 rings (SSSR count). The minimum atomic E-state index is -0.673. The van der Waals surface area contributed by atoms with Gasteiger partial charge in [-0.15, -0.1) is 12.4 Å². The van der Waals surface area contributed by atoms with Gasteiger partial charge in [-0.3, -0.25) is 14.4 Å². The summed E-state index contributed by atoms with van der Waals surface area (Å²) in [6.45, 7) is 6.85. The van der Waals surface area contributed by atoms with Crippen LogP contribution in [0.1, 0.15) is 56.4 Å². The number of rotatable bonds is 5. The molecule has 0 aliphatic carbocycles. The fourth-order valence-electron chi connectivity index (χ4n) is 4.30. The van der Waals surface area contributed by atoms with Gasteiger partial charge >= 0.3 is 0 Å². The summed E-state index contributed by atoms with van der Waals surface area (Å²) in [7, 11) is 0. The molecule has 10 nitrogen and oxygen atoms in total. The van der Waals surface area contributed by atoms with E-state index in [-0.39, 0.29) is 49.0 Å². The second-order valence-electron chi connectivity index (χ2n) is 9.11. The van der Waals surface area contributed by atoms with Crippen molar-refractivity contribution in [1.29, 1.82) is 0 Å². The minimum Gasteiger partial charge on any atom is -0.344 e. The lowest BCUT2D eigenvalue weighted by Gasteiger charge is -2.28. The molecule has 1 unspecified atom stereocenters. The Morgan fingerprint density at radius 3 is 2.56 bits per heavy atom. The number of benzene rings is 1. The molecule has 0 saturated heterocycles. The van der Waals surface area contributed by atoms with Crippen molar-refractivity contribution in [3.8, 4) is 0 Å². The standard InChI is InChI=1S/C25H37N7O3.ClH/c1-4-17(2)23-25(35)28-20(15-19-9-6-5-7-10-19)24-27-18(3)30-32(24)14-13-31(22(34)16-26)12-8-11-21(33)29-23;/h5-7,9-10,17,20,23H,4,8,11-16,26H2,1-3H3,(H,28,35)(H,29,33);1H/t17-,20?,23-;/m0./s1. The zero-order chi connectivity index (χ0) is 25.4. The first kappa shape index (κ1) is 29.3. The molecule has 0 spiro atoms. The first-order valence-electron chi connectivity index (χ1n) is 12.3. The van der Waals surface area contributed by atoms with E-state index in [2.05, 4.69) is 20.7 Å². The summed E-state index contributed by atoms with van der Waals surface area (Å²) in [4.78, 5) is 44.9. The van der Waals surface area contributed by atoms with Gasteiger partial charge in [-0.25, -0.2) is 9.67 Å². The van der Waals surface area contributed by atoms with Gasteiger partial charge in [0.1, 0.15) is 17.7 Å². The third-order valence-electron chi connectivity index (χ3n) is 6.47. The van der Waals surface area contributed by atoms with Crippen LogP contribution in [0.3, 0.4) is 0 Å². The molecule has 2 aromatic rings. The van der Waals surface area contributed by atoms with E-state index < -0.39 is 12.1 Å². The Hall–Kier alpha value is -2.98. The molecule has 4 N–H and O–H groups in total. The summed E-state index contributed by atoms with van der Waals surface area (Å²) in [5.41, 5.74) is 6.66. The monoisotopic (exact) mass is 519 g/mol. The largest absolute Gasteiger partial charge is 0.344 e. The highest BCUT2D eigenvalue weighted by Crippen LogP contribution is 2.20. The molecule has 0 radical (unpaired) electrons. The van der Waals surface area contributed by atoms with Crippen molar-refractivity contribution in [2.45, 2.75) is 65.1 Å². The normalized spacial score (nSPS) is 20.3. The van der Waals surface area contributed by atoms with Crippen LogP contribution < -0.4 is 16.4 Å². The van der Waals surface area contributed by atoms with E-state index in [1.165, 1.54) is 0 Å². The number of carbonyl (C=O) groups is 3. The molecular formula is C25H38ClN7O3. The van der Waals surface area contributed by atoms with E-state index in [1.54, 1.807) is 16.5 Å². The number of aryl methyl sites for hydroxylation is 1. The predicted molar refractivity (Wildman–Crippen MR) is 139 cm³/mol. The van der Waals surface area contributed by atoms with Crippen LogP contribution in [-0.2, 0) is 27.3 Å². The maximum Gasteiger partial charge on any atom is 0.243 e. The lowest BCUT2D eigenvalue weighted by Crippen LogP contribution is -2.51. The lowest BCUT2D eigenvalue weighted by molar-refractivity contribution is -0.131. The first-order chi connectivity index (χ1) is 16.8. The number of carbonyl (C=O) groups excluding carboxylic acids is 3. The van der Waals surface area contributed by atoms with Crippen LogP contribution in [0.2, 0.25) is 0 Å². The van der Waals surface area contributed by atoms with Crippen LogP contribution in [0, 0.1) is 12.8 Å². The smallest absolute Gasteiger partial charge is 0.243 e. The molecule has 36 heavy (non-hydrogen) atoms. The van der Waals surface area contributed by atoms with E-state index in [1.807, 2.05) is 44.2 Å². The molecule has 3 amide bonds. The number of hydrogen-bond donors (Lipinski definition) is 3. The van der Waals surface area contributed by atoms with Gasteiger partial charge in [-0.1, -0.05) is 50.6 Å². The second kappa shape index (κ2) is 13.9. The summed E-state index contributed by atoms with van der Waals surface area (Å²) in [5.74, 6) is 0.520. The van der Waals surface area contributed by atoms with Crippen LogP contribution >= 0.6 is 12.4 Å². The Kier molecular flexibility index (Phi) is 11.3. The Labute approximate surface area is 218 Å². The van der Waals surface area contributed by atoms with Crippen molar-refractivity contribution < 1.29 is 14.4 Å². The highest BCUT2D eigenvalue weighted by Gasteiger charge is 2.30. The maximum absolute atomic E-state index is 13.5. The van der Waals surface area contributed by atoms with Gasteiger partial charge in [0.2, 0.25) is 17.7 Å². The second-order valence-corrected chi connectivity index (χ2v) is 9.11. The van der Waals surface area contributed by atoms with Gasteiger partial charge in [-0.05, 0) is 31.2 Å². The molecule has 1 aromatic carbocycles. The van der Waals surface area contributed by atoms with E-state index >= 15 is 0 Å². The van der Waals surface area contributed by atoms with Gasteiger partial charge in [0.05, 0.1) is 19.1 Å². The fourth-order valence-corrected chi connectivity index (χ4v) is 4.30. The topological polar surface area (TPSA) is 135 Å². The molecule has 0 saturated carbocycles. The van der Waals surface area contributed by atoms with Crippen molar-refractivity contribution in [3.63, 3.8) is 0 Å². The SMILES string of the molecule is CC[C@H](C)[C@@H]1NC(=O)CCCN(C(=O)CN)CCn2nc(C)nc2C(Cc2ccccc2)NC1=O.Cl.